The third-order valence-electron chi connectivity index (χ3n) is 6.89. The van der Waals surface area contributed by atoms with Crippen LogP contribution in [-0.2, 0) is 6.54 Å². The molecule has 4 heteroatoms. The van der Waals surface area contributed by atoms with Gasteiger partial charge in [0.1, 0.15) is 5.75 Å². The van der Waals surface area contributed by atoms with Crippen LogP contribution in [0.3, 0.4) is 0 Å². The van der Waals surface area contributed by atoms with Crippen molar-refractivity contribution in [3.8, 4) is 17.6 Å². The molecule has 4 rings (SSSR count). The molecule has 2 heterocycles. The maximum atomic E-state index is 5.33. The molecule has 2 aliphatic heterocycles. The number of piperazine rings is 1. The predicted molar refractivity (Wildman–Crippen MR) is 132 cm³/mol. The maximum Gasteiger partial charge on any atom is 0.118 e. The molecule has 0 aromatic heterocycles. The maximum absolute atomic E-state index is 5.33. The average molecular weight is 432 g/mol. The molecular formula is C28H37N3O. The molecule has 2 aromatic rings. The van der Waals surface area contributed by atoms with Crippen LogP contribution in [0.4, 0.5) is 0 Å². The monoisotopic (exact) mass is 431 g/mol. The van der Waals surface area contributed by atoms with Crippen LogP contribution in [0.25, 0.3) is 0 Å². The van der Waals surface area contributed by atoms with E-state index >= 15 is 0 Å². The minimum Gasteiger partial charge on any atom is -0.497 e. The number of rotatable bonds is 5. The molecule has 0 aliphatic carbocycles. The summed E-state index contributed by atoms with van der Waals surface area (Å²) in [7, 11) is 3.92. The fourth-order valence-corrected chi connectivity index (χ4v) is 4.93. The van der Waals surface area contributed by atoms with Gasteiger partial charge in [-0.3, -0.25) is 9.80 Å². The highest BCUT2D eigenvalue weighted by Gasteiger charge is 2.25. The Labute approximate surface area is 194 Å². The molecule has 0 bridgehead atoms. The van der Waals surface area contributed by atoms with Gasteiger partial charge in [0, 0.05) is 69.8 Å². The number of hydrogen-bond acceptors (Lipinski definition) is 4. The van der Waals surface area contributed by atoms with Gasteiger partial charge in [0.2, 0.25) is 0 Å². The van der Waals surface area contributed by atoms with Gasteiger partial charge >= 0.3 is 0 Å². The first-order valence-corrected chi connectivity index (χ1v) is 11.9. The van der Waals surface area contributed by atoms with E-state index in [1.54, 1.807) is 7.11 Å². The average Bonchev–Trinajstić information content (AvgIpc) is 2.81. The molecule has 0 amide bonds. The lowest BCUT2D eigenvalue weighted by molar-refractivity contribution is 0.110. The largest absolute Gasteiger partial charge is 0.497 e. The predicted octanol–water partition coefficient (Wildman–Crippen LogP) is 4.04. The smallest absolute Gasteiger partial charge is 0.118 e. The van der Waals surface area contributed by atoms with Crippen molar-refractivity contribution in [1.82, 2.24) is 14.7 Å². The summed E-state index contributed by atoms with van der Waals surface area (Å²) < 4.78 is 5.33. The molecule has 0 N–H and O–H groups in total. The third-order valence-corrected chi connectivity index (χ3v) is 6.89. The van der Waals surface area contributed by atoms with Crippen molar-refractivity contribution in [3.63, 3.8) is 0 Å². The molecule has 4 nitrogen and oxygen atoms in total. The fraction of sp³-hybridized carbons (Fsp3) is 0.500. The Kier molecular flexibility index (Phi) is 7.52. The van der Waals surface area contributed by atoms with Gasteiger partial charge in [-0.1, -0.05) is 30.0 Å². The van der Waals surface area contributed by atoms with Crippen LogP contribution >= 0.6 is 0 Å². The molecule has 2 aromatic carbocycles. The highest BCUT2D eigenvalue weighted by molar-refractivity contribution is 5.47. The number of benzene rings is 2. The molecule has 2 aliphatic rings. The van der Waals surface area contributed by atoms with Crippen LogP contribution in [0.15, 0.2) is 42.5 Å². The molecule has 0 saturated carbocycles. The summed E-state index contributed by atoms with van der Waals surface area (Å²) >= 11 is 0. The van der Waals surface area contributed by atoms with Gasteiger partial charge in [-0.15, -0.1) is 0 Å². The van der Waals surface area contributed by atoms with Gasteiger partial charge in [-0.2, -0.15) is 0 Å². The second-order valence-electron chi connectivity index (χ2n) is 9.46. The number of ether oxygens (including phenoxy) is 1. The standard InChI is InChI=1S/C28H37N3O/c1-22(2)31-17-15-30(16-18-31)14-6-5-7-23-8-13-27-25(19-23)20-29(3)21-28(27)24-9-11-26(32-4)12-10-24/h8-13,19,22,28H,6,14-18,20-21H2,1-4H3. The molecule has 1 fully saturated rings. The second kappa shape index (κ2) is 10.5. The van der Waals surface area contributed by atoms with E-state index in [0.29, 0.717) is 12.0 Å². The first-order chi connectivity index (χ1) is 15.5. The Hall–Kier alpha value is -2.32. The summed E-state index contributed by atoms with van der Waals surface area (Å²) in [5.74, 6) is 8.15. The summed E-state index contributed by atoms with van der Waals surface area (Å²) in [6.45, 7) is 12.4. The minimum atomic E-state index is 0.390. The molecule has 1 atom stereocenters. The van der Waals surface area contributed by atoms with E-state index in [1.165, 1.54) is 29.8 Å². The SMILES string of the molecule is COc1ccc(C2CN(C)Cc3cc(C#CCCN4CCN(C(C)C)CC4)ccc32)cc1. The van der Waals surface area contributed by atoms with E-state index in [9.17, 15) is 0 Å². The van der Waals surface area contributed by atoms with Crippen LogP contribution in [0.1, 0.15) is 48.4 Å². The quantitative estimate of drug-likeness (QED) is 0.665. The Balaban J connectivity index is 1.39. The lowest BCUT2D eigenvalue weighted by Gasteiger charge is -2.36. The molecule has 0 radical (unpaired) electrons. The lowest BCUT2D eigenvalue weighted by atomic mass is 9.84. The van der Waals surface area contributed by atoms with Crippen LogP contribution in [0, 0.1) is 11.8 Å². The second-order valence-corrected chi connectivity index (χ2v) is 9.46. The summed E-state index contributed by atoms with van der Waals surface area (Å²) in [5, 5.41) is 0. The van der Waals surface area contributed by atoms with E-state index in [4.69, 9.17) is 4.74 Å². The van der Waals surface area contributed by atoms with Crippen LogP contribution < -0.4 is 4.74 Å². The van der Waals surface area contributed by atoms with Crippen molar-refractivity contribution in [1.29, 1.82) is 0 Å². The molecule has 170 valence electrons. The summed E-state index contributed by atoms with van der Waals surface area (Å²) in [4.78, 5) is 7.52. The van der Waals surface area contributed by atoms with Crippen molar-refractivity contribution < 1.29 is 4.74 Å². The van der Waals surface area contributed by atoms with Crippen molar-refractivity contribution in [2.75, 3.05) is 53.4 Å². The molecular weight excluding hydrogens is 394 g/mol. The first-order valence-electron chi connectivity index (χ1n) is 11.9. The Morgan fingerprint density at radius 3 is 2.47 bits per heavy atom. The van der Waals surface area contributed by atoms with Crippen LogP contribution in [0.2, 0.25) is 0 Å². The molecule has 1 unspecified atom stereocenters. The zero-order chi connectivity index (χ0) is 22.5. The molecule has 0 spiro atoms. The van der Waals surface area contributed by atoms with Crippen molar-refractivity contribution in [2.45, 2.75) is 38.8 Å². The first kappa shape index (κ1) is 22.9. The zero-order valence-corrected chi connectivity index (χ0v) is 20.1. The van der Waals surface area contributed by atoms with Gasteiger partial charge in [-0.05, 0) is 61.9 Å². The van der Waals surface area contributed by atoms with Crippen molar-refractivity contribution in [2.24, 2.45) is 0 Å². The van der Waals surface area contributed by atoms with Gasteiger partial charge in [-0.25, -0.2) is 0 Å². The van der Waals surface area contributed by atoms with E-state index in [0.717, 1.165) is 50.5 Å². The minimum absolute atomic E-state index is 0.390. The number of hydrogen-bond donors (Lipinski definition) is 0. The van der Waals surface area contributed by atoms with E-state index < -0.39 is 0 Å². The van der Waals surface area contributed by atoms with E-state index in [-0.39, 0.29) is 0 Å². The Morgan fingerprint density at radius 2 is 1.78 bits per heavy atom. The van der Waals surface area contributed by atoms with Gasteiger partial charge in [0.15, 0.2) is 0 Å². The fourth-order valence-electron chi connectivity index (χ4n) is 4.93. The summed E-state index contributed by atoms with van der Waals surface area (Å²) in [6, 6.07) is 16.0. The molecule has 1 saturated heterocycles. The molecule has 32 heavy (non-hydrogen) atoms. The number of methoxy groups -OCH3 is 1. The number of likely N-dealkylation sites (N-methyl/N-ethyl adjacent to an activating group) is 1. The Morgan fingerprint density at radius 1 is 1.03 bits per heavy atom. The number of fused-ring (bicyclic) bond motifs is 1. The van der Waals surface area contributed by atoms with Crippen LogP contribution in [-0.4, -0.2) is 74.2 Å². The van der Waals surface area contributed by atoms with E-state index in [1.807, 2.05) is 0 Å². The summed E-state index contributed by atoms with van der Waals surface area (Å²) in [5.41, 5.74) is 5.31. The van der Waals surface area contributed by atoms with Crippen LogP contribution in [0.5, 0.6) is 5.75 Å². The highest BCUT2D eigenvalue weighted by Crippen LogP contribution is 2.34. The van der Waals surface area contributed by atoms with Crippen molar-refractivity contribution in [3.05, 3.63) is 64.7 Å². The normalized spacial score (nSPS) is 20.0. The summed E-state index contributed by atoms with van der Waals surface area (Å²) in [6.07, 6.45) is 0.938. The zero-order valence-electron chi connectivity index (χ0n) is 20.1. The van der Waals surface area contributed by atoms with Crippen molar-refractivity contribution >= 4 is 0 Å². The van der Waals surface area contributed by atoms with Gasteiger partial charge < -0.3 is 9.64 Å². The van der Waals surface area contributed by atoms with Gasteiger partial charge in [0.25, 0.3) is 0 Å². The number of nitrogens with zero attached hydrogens (tertiary/aromatic N) is 3. The lowest BCUT2D eigenvalue weighted by Crippen LogP contribution is -2.48. The van der Waals surface area contributed by atoms with Gasteiger partial charge in [0.05, 0.1) is 7.11 Å². The topological polar surface area (TPSA) is 19.0 Å². The highest BCUT2D eigenvalue weighted by atomic mass is 16.5. The third kappa shape index (κ3) is 5.53. The van der Waals surface area contributed by atoms with E-state index in [2.05, 4.69) is 89.9 Å². The Bertz CT molecular complexity index is 949.